The highest BCUT2D eigenvalue weighted by Gasteiger charge is 2.14. The molecular formula is C22H24N2O4. The van der Waals surface area contributed by atoms with Crippen LogP contribution in [0.15, 0.2) is 59.0 Å². The maximum Gasteiger partial charge on any atom is 0.291 e. The summed E-state index contributed by atoms with van der Waals surface area (Å²) in [5.41, 5.74) is 2.69. The Labute approximate surface area is 164 Å². The Balaban J connectivity index is 1.70. The second-order valence-corrected chi connectivity index (χ2v) is 6.52. The molecule has 3 aromatic rings. The molecule has 0 saturated carbocycles. The van der Waals surface area contributed by atoms with Gasteiger partial charge in [-0.25, -0.2) is 0 Å². The molecule has 28 heavy (non-hydrogen) atoms. The molecule has 0 radical (unpaired) electrons. The summed E-state index contributed by atoms with van der Waals surface area (Å²) in [5, 5.41) is 2.85. The fourth-order valence-corrected chi connectivity index (χ4v) is 2.84. The van der Waals surface area contributed by atoms with Crippen molar-refractivity contribution in [1.82, 2.24) is 0 Å². The Bertz CT molecular complexity index is 945. The molecule has 0 aliphatic heterocycles. The Morgan fingerprint density at radius 3 is 2.39 bits per heavy atom. The van der Waals surface area contributed by atoms with E-state index in [2.05, 4.69) is 5.32 Å². The van der Waals surface area contributed by atoms with E-state index in [1.54, 1.807) is 26.4 Å². The normalized spacial score (nSPS) is 10.4. The van der Waals surface area contributed by atoms with E-state index in [1.165, 1.54) is 0 Å². The van der Waals surface area contributed by atoms with Crippen LogP contribution < -0.4 is 19.7 Å². The van der Waals surface area contributed by atoms with E-state index in [4.69, 9.17) is 13.9 Å². The molecule has 1 heterocycles. The van der Waals surface area contributed by atoms with E-state index in [9.17, 15) is 4.79 Å². The number of nitrogens with zero attached hydrogens (tertiary/aromatic N) is 1. The quantitative estimate of drug-likeness (QED) is 0.665. The Kier molecular flexibility index (Phi) is 5.89. The molecule has 0 bridgehead atoms. The van der Waals surface area contributed by atoms with E-state index in [1.807, 2.05) is 61.5 Å². The molecule has 0 aliphatic rings. The van der Waals surface area contributed by atoms with Gasteiger partial charge in [0, 0.05) is 37.5 Å². The van der Waals surface area contributed by atoms with Crippen molar-refractivity contribution in [3.8, 4) is 11.5 Å². The van der Waals surface area contributed by atoms with E-state index in [-0.39, 0.29) is 11.7 Å². The average molecular weight is 380 g/mol. The summed E-state index contributed by atoms with van der Waals surface area (Å²) in [7, 11) is 7.17. The minimum Gasteiger partial charge on any atom is -0.497 e. The zero-order valence-corrected chi connectivity index (χ0v) is 16.5. The van der Waals surface area contributed by atoms with Gasteiger partial charge in [-0.05, 0) is 54.6 Å². The molecule has 1 N–H and O–H groups in total. The van der Waals surface area contributed by atoms with Crippen LogP contribution in [0.4, 0.5) is 11.4 Å². The van der Waals surface area contributed by atoms with Gasteiger partial charge in [0.05, 0.1) is 14.2 Å². The zero-order valence-electron chi connectivity index (χ0n) is 16.5. The molecule has 0 saturated heterocycles. The van der Waals surface area contributed by atoms with Crippen molar-refractivity contribution in [1.29, 1.82) is 0 Å². The molecular weight excluding hydrogens is 356 g/mol. The second-order valence-electron chi connectivity index (χ2n) is 6.52. The van der Waals surface area contributed by atoms with Crippen LogP contribution in [0.2, 0.25) is 0 Å². The van der Waals surface area contributed by atoms with Crippen molar-refractivity contribution in [2.75, 3.05) is 38.5 Å². The molecule has 2 aromatic carbocycles. The van der Waals surface area contributed by atoms with Crippen molar-refractivity contribution in [2.24, 2.45) is 0 Å². The van der Waals surface area contributed by atoms with Gasteiger partial charge in [-0.1, -0.05) is 0 Å². The summed E-state index contributed by atoms with van der Waals surface area (Å²) in [5.74, 6) is 2.11. The lowest BCUT2D eigenvalue weighted by Gasteiger charge is -2.12. The summed E-state index contributed by atoms with van der Waals surface area (Å²) in [6.07, 6.45) is 0.491. The van der Waals surface area contributed by atoms with Gasteiger partial charge in [-0.3, -0.25) is 4.79 Å². The number of carbonyl (C=O) groups is 1. The fraction of sp³-hybridized carbons (Fsp3) is 0.227. The summed E-state index contributed by atoms with van der Waals surface area (Å²) in [4.78, 5) is 14.5. The number of methoxy groups -OCH3 is 2. The van der Waals surface area contributed by atoms with Gasteiger partial charge in [0.15, 0.2) is 5.76 Å². The van der Waals surface area contributed by atoms with Crippen LogP contribution in [0.25, 0.3) is 0 Å². The number of benzene rings is 2. The summed E-state index contributed by atoms with van der Waals surface area (Å²) < 4.78 is 16.4. The lowest BCUT2D eigenvalue weighted by atomic mass is 10.1. The van der Waals surface area contributed by atoms with E-state index >= 15 is 0 Å². The number of anilines is 2. The lowest BCUT2D eigenvalue weighted by Crippen LogP contribution is -2.12. The van der Waals surface area contributed by atoms with Crippen molar-refractivity contribution < 1.29 is 18.7 Å². The molecule has 1 amide bonds. The number of carbonyl (C=O) groups excluding carboxylic acids is 1. The van der Waals surface area contributed by atoms with Gasteiger partial charge in [0.1, 0.15) is 17.3 Å². The SMILES string of the molecule is COc1ccc(OC)c(Cc2ccc(C(=O)Nc3ccc(N(C)C)cc3)o2)c1. The average Bonchev–Trinajstić information content (AvgIpc) is 3.17. The molecule has 3 rings (SSSR count). The monoisotopic (exact) mass is 380 g/mol. The first kappa shape index (κ1) is 19.4. The summed E-state index contributed by atoms with van der Waals surface area (Å²) in [6, 6.07) is 16.7. The molecule has 0 spiro atoms. The standard InChI is InChI=1S/C22H24N2O4/c1-24(2)17-7-5-16(6-8-17)23-22(25)21-12-10-19(28-21)14-15-13-18(26-3)9-11-20(15)27-4/h5-13H,14H2,1-4H3,(H,23,25). The highest BCUT2D eigenvalue weighted by Crippen LogP contribution is 2.27. The third-order valence-corrected chi connectivity index (χ3v) is 4.38. The molecule has 0 fully saturated rings. The zero-order chi connectivity index (χ0) is 20.1. The van der Waals surface area contributed by atoms with Gasteiger partial charge in [-0.2, -0.15) is 0 Å². The van der Waals surface area contributed by atoms with Crippen LogP contribution in [0.5, 0.6) is 11.5 Å². The minimum atomic E-state index is -0.290. The van der Waals surface area contributed by atoms with Crippen molar-refractivity contribution in [3.63, 3.8) is 0 Å². The molecule has 0 aliphatic carbocycles. The summed E-state index contributed by atoms with van der Waals surface area (Å²) in [6.45, 7) is 0. The first-order valence-electron chi connectivity index (χ1n) is 8.88. The molecule has 6 nitrogen and oxygen atoms in total. The van der Waals surface area contributed by atoms with Crippen LogP contribution in [0, 0.1) is 0 Å². The fourth-order valence-electron chi connectivity index (χ4n) is 2.84. The van der Waals surface area contributed by atoms with E-state index in [0.717, 1.165) is 22.7 Å². The van der Waals surface area contributed by atoms with E-state index in [0.29, 0.717) is 17.9 Å². The molecule has 146 valence electrons. The molecule has 0 unspecified atom stereocenters. The number of amides is 1. The van der Waals surface area contributed by atoms with Gasteiger partial charge in [0.2, 0.25) is 0 Å². The highest BCUT2D eigenvalue weighted by molar-refractivity contribution is 6.02. The Morgan fingerprint density at radius 1 is 1.00 bits per heavy atom. The number of hydrogen-bond donors (Lipinski definition) is 1. The first-order chi connectivity index (χ1) is 13.5. The van der Waals surface area contributed by atoms with Crippen molar-refractivity contribution in [2.45, 2.75) is 6.42 Å². The van der Waals surface area contributed by atoms with Crippen molar-refractivity contribution in [3.05, 3.63) is 71.7 Å². The maximum atomic E-state index is 12.5. The van der Waals surface area contributed by atoms with Crippen LogP contribution in [0.1, 0.15) is 21.9 Å². The van der Waals surface area contributed by atoms with Crippen LogP contribution in [-0.2, 0) is 6.42 Å². The lowest BCUT2D eigenvalue weighted by molar-refractivity contribution is 0.0995. The van der Waals surface area contributed by atoms with Gasteiger partial charge in [0.25, 0.3) is 5.91 Å². The van der Waals surface area contributed by atoms with Crippen LogP contribution in [0.3, 0.4) is 0 Å². The largest absolute Gasteiger partial charge is 0.497 e. The Hall–Kier alpha value is -3.41. The van der Waals surface area contributed by atoms with Crippen LogP contribution >= 0.6 is 0 Å². The smallest absolute Gasteiger partial charge is 0.291 e. The number of nitrogens with one attached hydrogen (secondary N) is 1. The van der Waals surface area contributed by atoms with Gasteiger partial charge < -0.3 is 24.1 Å². The third-order valence-electron chi connectivity index (χ3n) is 4.38. The number of rotatable bonds is 7. The first-order valence-corrected chi connectivity index (χ1v) is 8.88. The van der Waals surface area contributed by atoms with Crippen molar-refractivity contribution >= 4 is 17.3 Å². The number of hydrogen-bond acceptors (Lipinski definition) is 5. The van der Waals surface area contributed by atoms with Gasteiger partial charge >= 0.3 is 0 Å². The van der Waals surface area contributed by atoms with Gasteiger partial charge in [-0.15, -0.1) is 0 Å². The molecule has 0 atom stereocenters. The number of furan rings is 1. The molecule has 6 heteroatoms. The topological polar surface area (TPSA) is 63.9 Å². The second kappa shape index (κ2) is 8.52. The molecule has 1 aromatic heterocycles. The highest BCUT2D eigenvalue weighted by atomic mass is 16.5. The third kappa shape index (κ3) is 4.46. The minimum absolute atomic E-state index is 0.258. The predicted octanol–water partition coefficient (Wildman–Crippen LogP) is 4.21. The maximum absolute atomic E-state index is 12.5. The number of ether oxygens (including phenoxy) is 2. The summed E-state index contributed by atoms with van der Waals surface area (Å²) >= 11 is 0. The Morgan fingerprint density at radius 2 is 1.75 bits per heavy atom. The van der Waals surface area contributed by atoms with E-state index < -0.39 is 0 Å². The predicted molar refractivity (Wildman–Crippen MR) is 110 cm³/mol. The van der Waals surface area contributed by atoms with Crippen LogP contribution in [-0.4, -0.2) is 34.2 Å².